The van der Waals surface area contributed by atoms with Crippen molar-refractivity contribution in [2.75, 3.05) is 0 Å². The van der Waals surface area contributed by atoms with Crippen molar-refractivity contribution in [2.24, 2.45) is 5.73 Å². The molecule has 0 atom stereocenters. The van der Waals surface area contributed by atoms with Crippen LogP contribution in [-0.2, 0) is 6.54 Å². The Balaban J connectivity index is 1.47. The molecule has 0 aliphatic rings. The minimum Gasteiger partial charge on any atom is -0.421 e. The third kappa shape index (κ3) is 4.57. The zero-order chi connectivity index (χ0) is 22.7. The number of nitrogens with one attached hydrogen (secondary N) is 1. The van der Waals surface area contributed by atoms with E-state index < -0.39 is 5.91 Å². The summed E-state index contributed by atoms with van der Waals surface area (Å²) in [6.45, 7) is 4.14. The van der Waals surface area contributed by atoms with Crippen LogP contribution >= 0.6 is 0 Å². The first-order chi connectivity index (χ1) is 15.4. The fourth-order valence-electron chi connectivity index (χ4n) is 3.35. The van der Waals surface area contributed by atoms with E-state index in [1.54, 1.807) is 43.3 Å². The van der Waals surface area contributed by atoms with Crippen LogP contribution in [-0.4, -0.2) is 22.0 Å². The molecule has 32 heavy (non-hydrogen) atoms. The standard InChI is InChI=1S/C25H22N4O3/c1-15-3-6-21(25-29-28-16(2)32-25)13-22(15)18-9-11-20(12-10-18)24(31)27-14-17-4-7-19(8-5-17)23(26)30/h3-13H,14H2,1-2H3,(H2,26,30)(H,27,31). The van der Waals surface area contributed by atoms with Gasteiger partial charge in [-0.15, -0.1) is 10.2 Å². The molecule has 1 heterocycles. The number of carbonyl (C=O) groups is 2. The number of amides is 2. The maximum atomic E-state index is 12.5. The second-order valence-corrected chi connectivity index (χ2v) is 7.48. The van der Waals surface area contributed by atoms with Crippen molar-refractivity contribution in [3.63, 3.8) is 0 Å². The van der Waals surface area contributed by atoms with Crippen molar-refractivity contribution in [1.82, 2.24) is 15.5 Å². The molecule has 0 bridgehead atoms. The van der Waals surface area contributed by atoms with Crippen LogP contribution in [0.1, 0.15) is 37.7 Å². The highest BCUT2D eigenvalue weighted by Gasteiger charge is 2.11. The van der Waals surface area contributed by atoms with Crippen LogP contribution in [0.4, 0.5) is 0 Å². The Morgan fingerprint density at radius 3 is 2.16 bits per heavy atom. The number of hydrogen-bond donors (Lipinski definition) is 2. The van der Waals surface area contributed by atoms with Crippen molar-refractivity contribution in [3.05, 3.63) is 94.9 Å². The Morgan fingerprint density at radius 1 is 0.875 bits per heavy atom. The smallest absolute Gasteiger partial charge is 0.251 e. The molecule has 1 aromatic heterocycles. The quantitative estimate of drug-likeness (QED) is 0.483. The van der Waals surface area contributed by atoms with E-state index in [1.807, 2.05) is 37.3 Å². The largest absolute Gasteiger partial charge is 0.421 e. The molecule has 0 radical (unpaired) electrons. The highest BCUT2D eigenvalue weighted by atomic mass is 16.4. The van der Waals surface area contributed by atoms with Crippen molar-refractivity contribution < 1.29 is 14.0 Å². The first kappa shape index (κ1) is 21.0. The topological polar surface area (TPSA) is 111 Å². The zero-order valence-corrected chi connectivity index (χ0v) is 17.8. The lowest BCUT2D eigenvalue weighted by Crippen LogP contribution is -2.22. The Kier molecular flexibility index (Phi) is 5.81. The van der Waals surface area contributed by atoms with Crippen molar-refractivity contribution in [2.45, 2.75) is 20.4 Å². The molecule has 7 heteroatoms. The van der Waals surface area contributed by atoms with Gasteiger partial charge in [-0.3, -0.25) is 9.59 Å². The number of hydrogen-bond acceptors (Lipinski definition) is 5. The average molecular weight is 426 g/mol. The molecular formula is C25H22N4O3. The Labute approximate surface area is 185 Å². The van der Waals surface area contributed by atoms with Crippen molar-refractivity contribution >= 4 is 11.8 Å². The molecule has 0 aliphatic carbocycles. The SMILES string of the molecule is Cc1nnc(-c2ccc(C)c(-c3ccc(C(=O)NCc4ccc(C(N)=O)cc4)cc3)c2)o1. The number of aryl methyl sites for hydroxylation is 2. The van der Waals surface area contributed by atoms with Crippen LogP contribution in [0.3, 0.4) is 0 Å². The molecule has 4 rings (SSSR count). The average Bonchev–Trinajstić information content (AvgIpc) is 3.24. The monoisotopic (exact) mass is 426 g/mol. The fraction of sp³-hybridized carbons (Fsp3) is 0.120. The third-order valence-corrected chi connectivity index (χ3v) is 5.16. The number of primary amides is 1. The summed E-state index contributed by atoms with van der Waals surface area (Å²) in [4.78, 5) is 23.7. The summed E-state index contributed by atoms with van der Waals surface area (Å²) in [6, 6.07) is 20.2. The number of nitrogens with two attached hydrogens (primary N) is 1. The highest BCUT2D eigenvalue weighted by Crippen LogP contribution is 2.29. The van der Waals surface area contributed by atoms with Gasteiger partial charge in [0.2, 0.25) is 17.7 Å². The predicted octanol–water partition coefficient (Wildman–Crippen LogP) is 4.05. The lowest BCUT2D eigenvalue weighted by atomic mass is 9.97. The van der Waals surface area contributed by atoms with E-state index in [9.17, 15) is 9.59 Å². The van der Waals surface area contributed by atoms with Gasteiger partial charge < -0.3 is 15.5 Å². The summed E-state index contributed by atoms with van der Waals surface area (Å²) in [5.74, 6) is 0.334. The predicted molar refractivity (Wildman–Crippen MR) is 121 cm³/mol. The molecular weight excluding hydrogens is 404 g/mol. The third-order valence-electron chi connectivity index (χ3n) is 5.16. The van der Waals surface area contributed by atoms with E-state index in [0.29, 0.717) is 29.5 Å². The van der Waals surface area contributed by atoms with Gasteiger partial charge in [-0.1, -0.05) is 30.3 Å². The van der Waals surface area contributed by atoms with Gasteiger partial charge in [-0.2, -0.15) is 0 Å². The lowest BCUT2D eigenvalue weighted by molar-refractivity contribution is 0.0949. The van der Waals surface area contributed by atoms with Gasteiger partial charge in [0.25, 0.3) is 5.91 Å². The highest BCUT2D eigenvalue weighted by molar-refractivity contribution is 5.95. The van der Waals surface area contributed by atoms with E-state index in [1.165, 1.54) is 0 Å². The Morgan fingerprint density at radius 2 is 1.53 bits per heavy atom. The van der Waals surface area contributed by atoms with E-state index in [0.717, 1.165) is 27.8 Å². The number of aromatic nitrogens is 2. The first-order valence-electron chi connectivity index (χ1n) is 10.1. The number of nitrogens with zero attached hydrogens (tertiary/aromatic N) is 2. The summed E-state index contributed by atoms with van der Waals surface area (Å²) in [5, 5.41) is 10.9. The molecule has 0 spiro atoms. The molecule has 0 saturated heterocycles. The van der Waals surface area contributed by atoms with Crippen molar-refractivity contribution in [3.8, 4) is 22.6 Å². The number of benzene rings is 3. The minimum absolute atomic E-state index is 0.178. The van der Waals surface area contributed by atoms with Crippen LogP contribution in [0.25, 0.3) is 22.6 Å². The summed E-state index contributed by atoms with van der Waals surface area (Å²) in [6.07, 6.45) is 0. The molecule has 3 aromatic carbocycles. The maximum Gasteiger partial charge on any atom is 0.251 e. The van der Waals surface area contributed by atoms with Crippen LogP contribution in [0.5, 0.6) is 0 Å². The van der Waals surface area contributed by atoms with E-state index in [2.05, 4.69) is 15.5 Å². The molecule has 160 valence electrons. The second-order valence-electron chi connectivity index (χ2n) is 7.48. The lowest BCUT2D eigenvalue weighted by Gasteiger charge is -2.10. The van der Waals surface area contributed by atoms with Gasteiger partial charge in [0.15, 0.2) is 0 Å². The van der Waals surface area contributed by atoms with Crippen LogP contribution in [0.2, 0.25) is 0 Å². The summed E-state index contributed by atoms with van der Waals surface area (Å²) < 4.78 is 5.53. The zero-order valence-electron chi connectivity index (χ0n) is 17.8. The molecule has 0 unspecified atom stereocenters. The number of carbonyl (C=O) groups excluding carboxylic acids is 2. The Bertz CT molecular complexity index is 1280. The second kappa shape index (κ2) is 8.85. The van der Waals surface area contributed by atoms with Gasteiger partial charge in [0.05, 0.1) is 0 Å². The Hall–Kier alpha value is -4.26. The van der Waals surface area contributed by atoms with Crippen LogP contribution in [0.15, 0.2) is 71.1 Å². The van der Waals surface area contributed by atoms with Gasteiger partial charge in [0.1, 0.15) is 0 Å². The first-order valence-corrected chi connectivity index (χ1v) is 10.1. The fourth-order valence-corrected chi connectivity index (χ4v) is 3.35. The normalized spacial score (nSPS) is 10.7. The van der Waals surface area contributed by atoms with Crippen LogP contribution < -0.4 is 11.1 Å². The minimum atomic E-state index is -0.478. The maximum absolute atomic E-state index is 12.5. The van der Waals surface area contributed by atoms with E-state index >= 15 is 0 Å². The summed E-state index contributed by atoms with van der Waals surface area (Å²) in [5.41, 5.74) is 11.1. The molecule has 4 aromatic rings. The molecule has 0 saturated carbocycles. The van der Waals surface area contributed by atoms with E-state index in [-0.39, 0.29) is 5.91 Å². The molecule has 0 fully saturated rings. The molecule has 3 N–H and O–H groups in total. The van der Waals surface area contributed by atoms with Gasteiger partial charge in [-0.05, 0) is 65.6 Å². The van der Waals surface area contributed by atoms with Crippen LogP contribution in [0, 0.1) is 13.8 Å². The van der Waals surface area contributed by atoms with Gasteiger partial charge in [0, 0.05) is 30.2 Å². The number of rotatable bonds is 6. The van der Waals surface area contributed by atoms with Crippen molar-refractivity contribution in [1.29, 1.82) is 0 Å². The van der Waals surface area contributed by atoms with Gasteiger partial charge >= 0.3 is 0 Å². The summed E-state index contributed by atoms with van der Waals surface area (Å²) in [7, 11) is 0. The van der Waals surface area contributed by atoms with Gasteiger partial charge in [-0.25, -0.2) is 0 Å². The summed E-state index contributed by atoms with van der Waals surface area (Å²) >= 11 is 0. The van der Waals surface area contributed by atoms with E-state index in [4.69, 9.17) is 10.2 Å². The molecule has 0 aliphatic heterocycles. The molecule has 2 amide bonds. The molecule has 7 nitrogen and oxygen atoms in total.